The molecule has 0 bridgehead atoms. The molecule has 1 aromatic heterocycles. The molecular formula is C18H26N2O. The molecule has 2 atom stereocenters. The Balaban J connectivity index is 1.79. The van der Waals surface area contributed by atoms with Gasteiger partial charge in [0.2, 0.25) is 0 Å². The fourth-order valence-electron chi connectivity index (χ4n) is 3.87. The van der Waals surface area contributed by atoms with E-state index in [2.05, 4.69) is 54.3 Å². The maximum absolute atomic E-state index is 9.89. The minimum absolute atomic E-state index is 0.0887. The molecule has 2 aromatic rings. The molecule has 2 unspecified atom stereocenters. The van der Waals surface area contributed by atoms with Crippen molar-refractivity contribution in [3.05, 3.63) is 36.0 Å². The van der Waals surface area contributed by atoms with Gasteiger partial charge < -0.3 is 15.0 Å². The number of hydrogen-bond acceptors (Lipinski definition) is 2. The van der Waals surface area contributed by atoms with Crippen LogP contribution in [0.2, 0.25) is 0 Å². The third-order valence-corrected chi connectivity index (χ3v) is 5.03. The highest BCUT2D eigenvalue weighted by Gasteiger charge is 2.33. The van der Waals surface area contributed by atoms with Crippen molar-refractivity contribution < 1.29 is 5.11 Å². The van der Waals surface area contributed by atoms with E-state index in [0.29, 0.717) is 5.92 Å². The number of rotatable bonds is 4. The quantitative estimate of drug-likeness (QED) is 0.905. The van der Waals surface area contributed by atoms with Gasteiger partial charge in [-0.25, -0.2) is 0 Å². The second-order valence-corrected chi connectivity index (χ2v) is 6.78. The standard InChI is InChI=1S/C18H26N2O/c1-14-6-5-9-18(10-14,13-21)19-11-15-12-20(2)17-8-4-3-7-16(15)17/h3-4,7-8,12,14,19,21H,5-6,9-11,13H2,1-2H3. The molecule has 3 heteroatoms. The van der Waals surface area contributed by atoms with Crippen molar-refractivity contribution in [3.63, 3.8) is 0 Å². The molecule has 1 aliphatic carbocycles. The van der Waals surface area contributed by atoms with Crippen LogP contribution in [0, 0.1) is 5.92 Å². The van der Waals surface area contributed by atoms with Gasteiger partial charge >= 0.3 is 0 Å². The Bertz CT molecular complexity index is 619. The van der Waals surface area contributed by atoms with E-state index in [1.807, 2.05) is 0 Å². The summed E-state index contributed by atoms with van der Waals surface area (Å²) >= 11 is 0. The highest BCUT2D eigenvalue weighted by Crippen LogP contribution is 2.32. The van der Waals surface area contributed by atoms with Crippen LogP contribution in [0.1, 0.15) is 38.2 Å². The Morgan fingerprint density at radius 3 is 2.95 bits per heavy atom. The summed E-state index contributed by atoms with van der Waals surface area (Å²) < 4.78 is 2.18. The van der Waals surface area contributed by atoms with Crippen LogP contribution in [0.25, 0.3) is 10.9 Å². The number of para-hydroxylation sites is 1. The first-order valence-corrected chi connectivity index (χ1v) is 8.02. The number of aliphatic hydroxyl groups is 1. The number of fused-ring (bicyclic) bond motifs is 1. The summed E-state index contributed by atoms with van der Waals surface area (Å²) in [5, 5.41) is 14.9. The predicted octanol–water partition coefficient (Wildman–Crippen LogP) is 3.21. The fraction of sp³-hybridized carbons (Fsp3) is 0.556. The summed E-state index contributed by atoms with van der Waals surface area (Å²) in [5.41, 5.74) is 2.50. The number of nitrogens with zero attached hydrogens (tertiary/aromatic N) is 1. The zero-order valence-corrected chi connectivity index (χ0v) is 13.1. The maximum atomic E-state index is 9.89. The van der Waals surface area contributed by atoms with Crippen LogP contribution < -0.4 is 5.32 Å². The minimum Gasteiger partial charge on any atom is -0.394 e. The molecule has 1 aromatic carbocycles. The molecule has 114 valence electrons. The van der Waals surface area contributed by atoms with Gasteiger partial charge in [0.1, 0.15) is 0 Å². The van der Waals surface area contributed by atoms with E-state index in [4.69, 9.17) is 0 Å². The average Bonchev–Trinajstić information content (AvgIpc) is 2.82. The normalized spacial score (nSPS) is 26.3. The molecule has 0 amide bonds. The summed E-state index contributed by atoms with van der Waals surface area (Å²) in [4.78, 5) is 0. The molecule has 0 radical (unpaired) electrons. The minimum atomic E-state index is -0.0887. The zero-order valence-electron chi connectivity index (χ0n) is 13.1. The highest BCUT2D eigenvalue weighted by molar-refractivity contribution is 5.83. The molecule has 1 fully saturated rings. The van der Waals surface area contributed by atoms with Gasteiger partial charge in [0.15, 0.2) is 0 Å². The van der Waals surface area contributed by atoms with Gasteiger partial charge in [-0.1, -0.05) is 38.0 Å². The number of aromatic nitrogens is 1. The largest absolute Gasteiger partial charge is 0.394 e. The van der Waals surface area contributed by atoms with Crippen molar-refractivity contribution in [2.24, 2.45) is 13.0 Å². The van der Waals surface area contributed by atoms with E-state index in [-0.39, 0.29) is 12.1 Å². The van der Waals surface area contributed by atoms with E-state index >= 15 is 0 Å². The van der Waals surface area contributed by atoms with Gasteiger partial charge in [-0.2, -0.15) is 0 Å². The zero-order chi connectivity index (χ0) is 14.9. The van der Waals surface area contributed by atoms with E-state index in [1.54, 1.807) is 0 Å². The van der Waals surface area contributed by atoms with E-state index in [9.17, 15) is 5.11 Å². The molecule has 0 aliphatic heterocycles. The van der Waals surface area contributed by atoms with E-state index < -0.39 is 0 Å². The number of hydrogen-bond donors (Lipinski definition) is 2. The molecule has 2 N–H and O–H groups in total. The maximum Gasteiger partial charge on any atom is 0.0613 e. The second kappa shape index (κ2) is 5.82. The van der Waals surface area contributed by atoms with E-state index in [1.165, 1.54) is 29.3 Å². The third-order valence-electron chi connectivity index (χ3n) is 5.03. The van der Waals surface area contributed by atoms with Gasteiger partial charge in [-0.15, -0.1) is 0 Å². The Kier molecular flexibility index (Phi) is 4.05. The van der Waals surface area contributed by atoms with Gasteiger partial charge in [-0.3, -0.25) is 0 Å². The second-order valence-electron chi connectivity index (χ2n) is 6.78. The van der Waals surface area contributed by atoms with Crippen molar-refractivity contribution >= 4 is 10.9 Å². The summed E-state index contributed by atoms with van der Waals surface area (Å²) in [6.45, 7) is 3.36. The van der Waals surface area contributed by atoms with Crippen molar-refractivity contribution in [1.29, 1.82) is 0 Å². The Labute approximate surface area is 127 Å². The lowest BCUT2D eigenvalue weighted by atomic mass is 9.77. The van der Waals surface area contributed by atoms with Crippen molar-refractivity contribution in [3.8, 4) is 0 Å². The monoisotopic (exact) mass is 286 g/mol. The first kappa shape index (κ1) is 14.6. The van der Waals surface area contributed by atoms with Crippen molar-refractivity contribution in [2.45, 2.75) is 44.7 Å². The average molecular weight is 286 g/mol. The lowest BCUT2D eigenvalue weighted by Crippen LogP contribution is -2.51. The third kappa shape index (κ3) is 2.85. The fourth-order valence-corrected chi connectivity index (χ4v) is 3.87. The van der Waals surface area contributed by atoms with Crippen LogP contribution in [0.4, 0.5) is 0 Å². The molecule has 0 spiro atoms. The molecule has 3 nitrogen and oxygen atoms in total. The SMILES string of the molecule is CC1CCCC(CO)(NCc2cn(C)c3ccccc23)C1. The van der Waals surface area contributed by atoms with Gasteiger partial charge in [0.05, 0.1) is 6.61 Å². The molecule has 3 rings (SSSR count). The molecule has 0 saturated heterocycles. The number of nitrogens with one attached hydrogen (secondary N) is 1. The molecular weight excluding hydrogens is 260 g/mol. The number of aliphatic hydroxyl groups excluding tert-OH is 1. The van der Waals surface area contributed by atoms with Gasteiger partial charge in [0, 0.05) is 36.2 Å². The summed E-state index contributed by atoms with van der Waals surface area (Å²) in [6, 6.07) is 8.51. The topological polar surface area (TPSA) is 37.2 Å². The first-order chi connectivity index (χ1) is 10.1. The molecule has 21 heavy (non-hydrogen) atoms. The first-order valence-electron chi connectivity index (χ1n) is 8.02. The van der Waals surface area contributed by atoms with Crippen LogP contribution in [0.5, 0.6) is 0 Å². The molecule has 1 heterocycles. The van der Waals surface area contributed by atoms with Crippen LogP contribution in [-0.4, -0.2) is 21.8 Å². The number of benzene rings is 1. The Morgan fingerprint density at radius 2 is 2.19 bits per heavy atom. The summed E-state index contributed by atoms with van der Waals surface area (Å²) in [6.07, 6.45) is 6.86. The summed E-state index contributed by atoms with van der Waals surface area (Å²) in [5.74, 6) is 0.700. The van der Waals surface area contributed by atoms with Crippen molar-refractivity contribution in [1.82, 2.24) is 9.88 Å². The Morgan fingerprint density at radius 1 is 1.38 bits per heavy atom. The van der Waals surface area contributed by atoms with Crippen LogP contribution in [0.15, 0.2) is 30.5 Å². The van der Waals surface area contributed by atoms with Crippen molar-refractivity contribution in [2.75, 3.05) is 6.61 Å². The van der Waals surface area contributed by atoms with Crippen LogP contribution >= 0.6 is 0 Å². The molecule has 1 saturated carbocycles. The molecule has 1 aliphatic rings. The number of aryl methyl sites for hydroxylation is 1. The van der Waals surface area contributed by atoms with Crippen LogP contribution in [-0.2, 0) is 13.6 Å². The highest BCUT2D eigenvalue weighted by atomic mass is 16.3. The van der Waals surface area contributed by atoms with E-state index in [0.717, 1.165) is 19.4 Å². The smallest absolute Gasteiger partial charge is 0.0613 e. The predicted molar refractivity (Wildman–Crippen MR) is 87.2 cm³/mol. The Hall–Kier alpha value is -1.32. The van der Waals surface area contributed by atoms with Crippen LogP contribution in [0.3, 0.4) is 0 Å². The lowest BCUT2D eigenvalue weighted by Gasteiger charge is -2.39. The van der Waals surface area contributed by atoms with Gasteiger partial charge in [0.25, 0.3) is 0 Å². The lowest BCUT2D eigenvalue weighted by molar-refractivity contribution is 0.0983. The summed E-state index contributed by atoms with van der Waals surface area (Å²) in [7, 11) is 2.09. The van der Waals surface area contributed by atoms with Gasteiger partial charge in [-0.05, 0) is 30.4 Å².